The molecule has 0 bridgehead atoms. The van der Waals surface area contributed by atoms with Crippen LogP contribution in [0.4, 0.5) is 5.69 Å². The number of rotatable bonds is 6. The highest BCUT2D eigenvalue weighted by Gasteiger charge is 2.10. The molecule has 0 aliphatic carbocycles. The molecular weight excluding hydrogens is 362 g/mol. The maximum atomic E-state index is 12.3. The van der Waals surface area contributed by atoms with Gasteiger partial charge in [0.1, 0.15) is 5.75 Å². The van der Waals surface area contributed by atoms with E-state index >= 15 is 0 Å². The zero-order valence-corrected chi connectivity index (χ0v) is 16.4. The van der Waals surface area contributed by atoms with E-state index in [-0.39, 0.29) is 16.9 Å². The predicted molar refractivity (Wildman–Crippen MR) is 110 cm³/mol. The zero-order chi connectivity index (χ0) is 19.8. The van der Waals surface area contributed by atoms with Gasteiger partial charge in [0.15, 0.2) is 5.11 Å². The minimum absolute atomic E-state index is 0.0809. The van der Waals surface area contributed by atoms with E-state index < -0.39 is 0 Å². The molecular formula is C20H23N3O3S. The zero-order valence-electron chi connectivity index (χ0n) is 15.6. The highest BCUT2D eigenvalue weighted by atomic mass is 32.1. The first-order valence-electron chi connectivity index (χ1n) is 8.57. The second-order valence-corrected chi connectivity index (χ2v) is 6.47. The van der Waals surface area contributed by atoms with E-state index in [1.54, 1.807) is 62.6 Å². The first kappa shape index (κ1) is 20.4. The molecule has 2 aromatic carbocycles. The molecule has 142 valence electrons. The van der Waals surface area contributed by atoms with Crippen LogP contribution in [0.15, 0.2) is 48.5 Å². The highest BCUT2D eigenvalue weighted by molar-refractivity contribution is 7.80. The van der Waals surface area contributed by atoms with E-state index in [2.05, 4.69) is 10.6 Å². The third-order valence-electron chi connectivity index (χ3n) is 3.59. The quantitative estimate of drug-likeness (QED) is 0.747. The van der Waals surface area contributed by atoms with Crippen LogP contribution >= 0.6 is 12.2 Å². The van der Waals surface area contributed by atoms with Gasteiger partial charge in [-0.15, -0.1) is 0 Å². The second-order valence-electron chi connectivity index (χ2n) is 6.06. The Morgan fingerprint density at radius 1 is 1.07 bits per heavy atom. The van der Waals surface area contributed by atoms with Crippen molar-refractivity contribution in [2.45, 2.75) is 13.3 Å². The minimum Gasteiger partial charge on any atom is -0.494 e. The van der Waals surface area contributed by atoms with Gasteiger partial charge in [-0.1, -0.05) is 13.0 Å². The van der Waals surface area contributed by atoms with E-state index in [1.165, 1.54) is 4.90 Å². The molecule has 0 heterocycles. The van der Waals surface area contributed by atoms with Crippen LogP contribution in [0.1, 0.15) is 34.1 Å². The summed E-state index contributed by atoms with van der Waals surface area (Å²) in [4.78, 5) is 25.7. The molecule has 2 rings (SSSR count). The first-order valence-corrected chi connectivity index (χ1v) is 8.98. The van der Waals surface area contributed by atoms with Crippen molar-refractivity contribution >= 4 is 34.8 Å². The summed E-state index contributed by atoms with van der Waals surface area (Å²) < 4.78 is 5.53. The Labute approximate surface area is 164 Å². The van der Waals surface area contributed by atoms with Gasteiger partial charge in [-0.3, -0.25) is 14.9 Å². The molecule has 6 nitrogen and oxygen atoms in total. The molecule has 0 unspecified atom stereocenters. The lowest BCUT2D eigenvalue weighted by atomic mass is 10.2. The van der Waals surface area contributed by atoms with Gasteiger partial charge in [0, 0.05) is 30.9 Å². The maximum absolute atomic E-state index is 12.3. The van der Waals surface area contributed by atoms with Crippen molar-refractivity contribution in [1.29, 1.82) is 0 Å². The molecule has 0 radical (unpaired) electrons. The molecule has 0 saturated carbocycles. The van der Waals surface area contributed by atoms with Crippen LogP contribution in [0.3, 0.4) is 0 Å². The largest absolute Gasteiger partial charge is 0.494 e. The summed E-state index contributed by atoms with van der Waals surface area (Å²) in [5.74, 6) is 0.237. The third kappa shape index (κ3) is 6.07. The summed E-state index contributed by atoms with van der Waals surface area (Å²) in [6.07, 6.45) is 0.892. The predicted octanol–water partition coefficient (Wildman–Crippen LogP) is 3.30. The Bertz CT molecular complexity index is 819. The van der Waals surface area contributed by atoms with E-state index in [0.29, 0.717) is 29.2 Å². The maximum Gasteiger partial charge on any atom is 0.257 e. The molecule has 0 saturated heterocycles. The van der Waals surface area contributed by atoms with Gasteiger partial charge in [-0.05, 0) is 61.1 Å². The lowest BCUT2D eigenvalue weighted by Gasteiger charge is -2.12. The summed E-state index contributed by atoms with van der Waals surface area (Å²) in [5, 5.41) is 5.74. The van der Waals surface area contributed by atoms with Crippen LogP contribution in [0, 0.1) is 0 Å². The summed E-state index contributed by atoms with van der Waals surface area (Å²) in [6.45, 7) is 2.61. The molecule has 0 atom stereocenters. The Kier molecular flexibility index (Phi) is 7.31. The van der Waals surface area contributed by atoms with Gasteiger partial charge in [-0.25, -0.2) is 0 Å². The number of nitrogens with one attached hydrogen (secondary N) is 2. The van der Waals surface area contributed by atoms with Crippen molar-refractivity contribution < 1.29 is 14.3 Å². The SMILES string of the molecule is CCCOc1cccc(C(=O)NC(=S)Nc2ccc(C(=O)N(C)C)cc2)c1. The number of amides is 2. The van der Waals surface area contributed by atoms with Crippen molar-refractivity contribution in [3.63, 3.8) is 0 Å². The average Bonchev–Trinajstić information content (AvgIpc) is 2.66. The van der Waals surface area contributed by atoms with E-state index in [9.17, 15) is 9.59 Å². The van der Waals surface area contributed by atoms with Crippen LogP contribution in [0.2, 0.25) is 0 Å². The molecule has 0 spiro atoms. The van der Waals surface area contributed by atoms with Gasteiger partial charge in [0.05, 0.1) is 6.61 Å². The van der Waals surface area contributed by atoms with Crippen LogP contribution in [-0.2, 0) is 0 Å². The van der Waals surface area contributed by atoms with Crippen LogP contribution < -0.4 is 15.4 Å². The summed E-state index contributed by atoms with van der Waals surface area (Å²) in [7, 11) is 3.39. The third-order valence-corrected chi connectivity index (χ3v) is 3.80. The van der Waals surface area contributed by atoms with Crippen LogP contribution in [0.25, 0.3) is 0 Å². The van der Waals surface area contributed by atoms with Crippen LogP contribution in [-0.4, -0.2) is 42.5 Å². The van der Waals surface area contributed by atoms with Crippen LogP contribution in [0.5, 0.6) is 5.75 Å². The molecule has 2 aromatic rings. The fourth-order valence-electron chi connectivity index (χ4n) is 2.24. The fourth-order valence-corrected chi connectivity index (χ4v) is 2.45. The van der Waals surface area contributed by atoms with E-state index in [4.69, 9.17) is 17.0 Å². The molecule has 0 aromatic heterocycles. The number of hydrogen-bond acceptors (Lipinski definition) is 4. The highest BCUT2D eigenvalue weighted by Crippen LogP contribution is 2.14. The molecule has 2 N–H and O–H groups in total. The molecule has 0 fully saturated rings. The fraction of sp³-hybridized carbons (Fsp3) is 0.250. The first-order chi connectivity index (χ1) is 12.9. The number of anilines is 1. The number of ether oxygens (including phenoxy) is 1. The molecule has 0 aliphatic rings. The minimum atomic E-state index is -0.325. The summed E-state index contributed by atoms with van der Waals surface area (Å²) >= 11 is 5.19. The smallest absolute Gasteiger partial charge is 0.257 e. The Morgan fingerprint density at radius 3 is 2.41 bits per heavy atom. The van der Waals surface area contributed by atoms with Gasteiger partial charge in [0.25, 0.3) is 11.8 Å². The van der Waals surface area contributed by atoms with E-state index in [1.807, 2.05) is 6.92 Å². The summed E-state index contributed by atoms with van der Waals surface area (Å²) in [6, 6.07) is 13.8. The number of carbonyl (C=O) groups is 2. The van der Waals surface area contributed by atoms with Gasteiger partial charge < -0.3 is 15.0 Å². The second kappa shape index (κ2) is 9.68. The number of nitrogens with zero attached hydrogens (tertiary/aromatic N) is 1. The number of thiocarbonyl (C=S) groups is 1. The number of benzene rings is 2. The van der Waals surface area contributed by atoms with Gasteiger partial charge >= 0.3 is 0 Å². The van der Waals surface area contributed by atoms with E-state index in [0.717, 1.165) is 6.42 Å². The molecule has 0 aliphatic heterocycles. The van der Waals surface area contributed by atoms with Crippen molar-refractivity contribution in [3.8, 4) is 5.75 Å². The van der Waals surface area contributed by atoms with Crippen molar-refractivity contribution in [2.75, 3.05) is 26.0 Å². The standard InChI is InChI=1S/C20H23N3O3S/c1-4-12-26-17-7-5-6-15(13-17)18(24)22-20(27)21-16-10-8-14(9-11-16)19(25)23(2)3/h5-11,13H,4,12H2,1-3H3,(H2,21,22,24,27). The Morgan fingerprint density at radius 2 is 1.78 bits per heavy atom. The molecule has 7 heteroatoms. The number of carbonyl (C=O) groups excluding carboxylic acids is 2. The average molecular weight is 385 g/mol. The number of hydrogen-bond donors (Lipinski definition) is 2. The Hall–Kier alpha value is -2.93. The topological polar surface area (TPSA) is 70.7 Å². The Balaban J connectivity index is 1.95. The normalized spacial score (nSPS) is 10.0. The lowest BCUT2D eigenvalue weighted by Crippen LogP contribution is -2.34. The lowest BCUT2D eigenvalue weighted by molar-refractivity contribution is 0.0827. The molecule has 27 heavy (non-hydrogen) atoms. The monoisotopic (exact) mass is 385 g/mol. The van der Waals surface area contributed by atoms with Crippen molar-refractivity contribution in [1.82, 2.24) is 10.2 Å². The van der Waals surface area contributed by atoms with Gasteiger partial charge in [-0.2, -0.15) is 0 Å². The summed E-state index contributed by atoms with van der Waals surface area (Å²) in [5.41, 5.74) is 1.71. The van der Waals surface area contributed by atoms with Crippen molar-refractivity contribution in [2.24, 2.45) is 0 Å². The molecule has 2 amide bonds. The van der Waals surface area contributed by atoms with Gasteiger partial charge in [0.2, 0.25) is 0 Å². The van der Waals surface area contributed by atoms with Crippen molar-refractivity contribution in [3.05, 3.63) is 59.7 Å².